The molecule has 2 heterocycles. The Bertz CT molecular complexity index is 976. The molecule has 33 heavy (non-hydrogen) atoms. The van der Waals surface area contributed by atoms with E-state index in [0.717, 1.165) is 0 Å². The predicted molar refractivity (Wildman–Crippen MR) is 127 cm³/mol. The first-order chi connectivity index (χ1) is 15.5. The summed E-state index contributed by atoms with van der Waals surface area (Å²) in [6.07, 6.45) is 1.10. The normalized spacial score (nSPS) is 21.0. The number of ether oxygens (including phenoxy) is 1. The Hall–Kier alpha value is -2.66. The van der Waals surface area contributed by atoms with Gasteiger partial charge >= 0.3 is 12.1 Å². The predicted octanol–water partition coefficient (Wildman–Crippen LogP) is 2.35. The van der Waals surface area contributed by atoms with Gasteiger partial charge in [0.2, 0.25) is 5.91 Å². The van der Waals surface area contributed by atoms with E-state index in [1.54, 1.807) is 51.1 Å². The van der Waals surface area contributed by atoms with Crippen LogP contribution < -0.4 is 10.6 Å². The molecule has 0 saturated carbocycles. The zero-order chi connectivity index (χ0) is 24.3. The van der Waals surface area contributed by atoms with Gasteiger partial charge in [-0.25, -0.2) is 9.59 Å². The number of carbonyl (C=O) groups excluding carboxylic acids is 3. The number of nitrogens with one attached hydrogen (secondary N) is 2. The SMILES string of the molecule is CSCC1=C(C(=O)O)N2C(=O)C(NC(=O)C(NC(=O)OC(C)(C)C)c3ccccc3)[C@@H]2SC1. The molecule has 1 aromatic rings. The second kappa shape index (κ2) is 10.1. The average molecular weight is 494 g/mol. The number of hydrogen-bond acceptors (Lipinski definition) is 7. The van der Waals surface area contributed by atoms with Gasteiger partial charge in [-0.05, 0) is 38.2 Å². The van der Waals surface area contributed by atoms with E-state index in [-0.39, 0.29) is 5.70 Å². The summed E-state index contributed by atoms with van der Waals surface area (Å²) in [5, 5.41) is 14.4. The van der Waals surface area contributed by atoms with Crippen LogP contribution in [0.4, 0.5) is 4.79 Å². The molecule has 0 spiro atoms. The maximum absolute atomic E-state index is 13.2. The molecule has 0 radical (unpaired) electrons. The van der Waals surface area contributed by atoms with E-state index in [4.69, 9.17) is 4.74 Å². The highest BCUT2D eigenvalue weighted by Crippen LogP contribution is 2.41. The van der Waals surface area contributed by atoms with E-state index >= 15 is 0 Å². The first kappa shape index (κ1) is 25.0. The van der Waals surface area contributed by atoms with Crippen LogP contribution in [0, 0.1) is 0 Å². The van der Waals surface area contributed by atoms with Crippen LogP contribution in [-0.2, 0) is 19.1 Å². The molecule has 0 bridgehead atoms. The van der Waals surface area contributed by atoms with Crippen molar-refractivity contribution in [2.24, 2.45) is 0 Å². The number of carbonyl (C=O) groups is 4. The average Bonchev–Trinajstić information content (AvgIpc) is 2.74. The van der Waals surface area contributed by atoms with Crippen LogP contribution in [0.15, 0.2) is 41.6 Å². The monoisotopic (exact) mass is 493 g/mol. The minimum absolute atomic E-state index is 0.00455. The lowest BCUT2D eigenvalue weighted by atomic mass is 10.0. The maximum atomic E-state index is 13.2. The van der Waals surface area contributed by atoms with Crippen molar-refractivity contribution in [2.75, 3.05) is 17.8 Å². The summed E-state index contributed by atoms with van der Waals surface area (Å²) in [5.74, 6) is -1.25. The smallest absolute Gasteiger partial charge is 0.408 e. The Labute approximate surface area is 200 Å². The molecule has 3 rings (SSSR count). The van der Waals surface area contributed by atoms with Crippen LogP contribution in [0.25, 0.3) is 0 Å². The number of alkyl carbamates (subject to hydrolysis) is 1. The van der Waals surface area contributed by atoms with Gasteiger partial charge in [0.25, 0.3) is 5.91 Å². The molecule has 3 N–H and O–H groups in total. The van der Waals surface area contributed by atoms with Crippen molar-refractivity contribution in [1.29, 1.82) is 0 Å². The molecule has 2 aliphatic rings. The summed E-state index contributed by atoms with van der Waals surface area (Å²) in [6.45, 7) is 5.14. The number of amides is 3. The number of benzene rings is 1. The van der Waals surface area contributed by atoms with Gasteiger partial charge < -0.3 is 20.5 Å². The van der Waals surface area contributed by atoms with Crippen molar-refractivity contribution in [3.63, 3.8) is 0 Å². The fourth-order valence-electron chi connectivity index (χ4n) is 3.58. The molecule has 3 amide bonds. The molecule has 2 unspecified atom stereocenters. The number of fused-ring (bicyclic) bond motifs is 1. The topological polar surface area (TPSA) is 125 Å². The summed E-state index contributed by atoms with van der Waals surface area (Å²) in [6, 6.07) is 6.65. The number of hydrogen-bond donors (Lipinski definition) is 3. The summed E-state index contributed by atoms with van der Waals surface area (Å²) in [4.78, 5) is 51.4. The molecule has 0 aromatic heterocycles. The third kappa shape index (κ3) is 5.64. The van der Waals surface area contributed by atoms with Crippen molar-refractivity contribution >= 4 is 47.4 Å². The molecule has 178 valence electrons. The van der Waals surface area contributed by atoms with E-state index < -0.39 is 46.9 Å². The van der Waals surface area contributed by atoms with E-state index in [1.165, 1.54) is 28.4 Å². The van der Waals surface area contributed by atoms with Crippen molar-refractivity contribution in [3.8, 4) is 0 Å². The zero-order valence-electron chi connectivity index (χ0n) is 18.8. The number of nitrogens with zero attached hydrogens (tertiary/aromatic N) is 1. The maximum Gasteiger partial charge on any atom is 0.408 e. The summed E-state index contributed by atoms with van der Waals surface area (Å²) >= 11 is 2.90. The van der Waals surface area contributed by atoms with Crippen LogP contribution in [-0.4, -0.2) is 68.7 Å². The van der Waals surface area contributed by atoms with Crippen LogP contribution in [0.1, 0.15) is 32.4 Å². The molecule has 1 aromatic carbocycles. The minimum atomic E-state index is -1.16. The molecular formula is C22H27N3O6S2. The van der Waals surface area contributed by atoms with Gasteiger partial charge in [0.1, 0.15) is 28.8 Å². The Morgan fingerprint density at radius 2 is 1.94 bits per heavy atom. The van der Waals surface area contributed by atoms with E-state index in [9.17, 15) is 24.3 Å². The van der Waals surface area contributed by atoms with Crippen molar-refractivity contribution in [1.82, 2.24) is 15.5 Å². The van der Waals surface area contributed by atoms with Crippen LogP contribution in [0.2, 0.25) is 0 Å². The molecule has 2 aliphatic heterocycles. The van der Waals surface area contributed by atoms with Gasteiger partial charge in [0, 0.05) is 11.5 Å². The molecule has 11 heteroatoms. The van der Waals surface area contributed by atoms with Crippen LogP contribution in [0.3, 0.4) is 0 Å². The summed E-state index contributed by atoms with van der Waals surface area (Å²) in [7, 11) is 0. The van der Waals surface area contributed by atoms with E-state index in [2.05, 4.69) is 10.6 Å². The fourth-order valence-corrected chi connectivity index (χ4v) is 5.64. The molecule has 0 aliphatic carbocycles. The minimum Gasteiger partial charge on any atom is -0.477 e. The lowest BCUT2D eigenvalue weighted by Crippen LogP contribution is -2.71. The number of β-lactam (4-membered cyclic amide) rings is 1. The lowest BCUT2D eigenvalue weighted by molar-refractivity contribution is -0.151. The molecule has 1 saturated heterocycles. The van der Waals surface area contributed by atoms with Gasteiger partial charge in [-0.15, -0.1) is 11.8 Å². The molecule has 1 fully saturated rings. The third-order valence-corrected chi connectivity index (χ3v) is 6.90. The summed E-state index contributed by atoms with van der Waals surface area (Å²) in [5.41, 5.74) is 0.450. The highest BCUT2D eigenvalue weighted by Gasteiger charge is 2.54. The second-order valence-corrected chi connectivity index (χ2v) is 10.5. The first-order valence-corrected chi connectivity index (χ1v) is 12.7. The zero-order valence-corrected chi connectivity index (χ0v) is 20.4. The lowest BCUT2D eigenvalue weighted by Gasteiger charge is -2.49. The number of thioether (sulfide) groups is 2. The van der Waals surface area contributed by atoms with E-state index in [0.29, 0.717) is 22.6 Å². The van der Waals surface area contributed by atoms with Gasteiger partial charge in [0.15, 0.2) is 0 Å². The van der Waals surface area contributed by atoms with Gasteiger partial charge in [-0.3, -0.25) is 14.5 Å². The Morgan fingerprint density at radius 3 is 2.52 bits per heavy atom. The van der Waals surface area contributed by atoms with Crippen LogP contribution in [0.5, 0.6) is 0 Å². The van der Waals surface area contributed by atoms with Gasteiger partial charge in [0.05, 0.1) is 0 Å². The highest BCUT2D eigenvalue weighted by atomic mass is 32.2. The molecule has 3 atom stereocenters. The largest absolute Gasteiger partial charge is 0.477 e. The van der Waals surface area contributed by atoms with Crippen molar-refractivity contribution in [2.45, 2.75) is 43.8 Å². The van der Waals surface area contributed by atoms with Gasteiger partial charge in [-0.2, -0.15) is 11.8 Å². The summed E-state index contributed by atoms with van der Waals surface area (Å²) < 4.78 is 5.28. The number of rotatable bonds is 7. The van der Waals surface area contributed by atoms with Crippen LogP contribution >= 0.6 is 23.5 Å². The highest BCUT2D eigenvalue weighted by molar-refractivity contribution is 8.00. The standard InChI is InChI=1S/C22H27N3O6S2/c1-22(2,3)31-21(30)24-14(12-8-6-5-7-9-12)17(26)23-15-18(27)25-16(20(28)29)13(10-32-4)11-33-19(15)25/h5-9,14-15,19H,10-11H2,1-4H3,(H,23,26)(H,24,30)(H,28,29)/t14?,15?,19-/m0/s1. The Morgan fingerprint density at radius 1 is 1.27 bits per heavy atom. The molecular weight excluding hydrogens is 466 g/mol. The number of carboxylic acid groups (broad SMARTS) is 1. The quantitative estimate of drug-likeness (QED) is 0.495. The Balaban J connectivity index is 1.77. The fraction of sp³-hybridized carbons (Fsp3) is 0.455. The van der Waals surface area contributed by atoms with Crippen molar-refractivity contribution in [3.05, 3.63) is 47.2 Å². The number of carboxylic acids is 1. The second-order valence-electron chi connectivity index (χ2n) is 8.58. The van der Waals surface area contributed by atoms with Gasteiger partial charge in [-0.1, -0.05) is 30.3 Å². The first-order valence-electron chi connectivity index (χ1n) is 10.3. The van der Waals surface area contributed by atoms with E-state index in [1.807, 2.05) is 6.26 Å². The van der Waals surface area contributed by atoms with Crippen molar-refractivity contribution < 1.29 is 29.0 Å². The number of aliphatic carboxylic acids is 1. The third-order valence-electron chi connectivity index (χ3n) is 4.92. The Kier molecular flexibility index (Phi) is 7.63. The molecule has 9 nitrogen and oxygen atoms in total.